The number of hydrogen-bond acceptors (Lipinski definition) is 4. The molecular formula is C17H28BNO3. The first-order valence-electron chi connectivity index (χ1n) is 8.07. The van der Waals surface area contributed by atoms with Crippen molar-refractivity contribution in [3.05, 3.63) is 41.5 Å². The van der Waals surface area contributed by atoms with E-state index in [9.17, 15) is 15.2 Å². The molecule has 4 nitrogen and oxygen atoms in total. The lowest BCUT2D eigenvalue weighted by Crippen LogP contribution is -2.48. The lowest BCUT2D eigenvalue weighted by Gasteiger charge is -2.20. The summed E-state index contributed by atoms with van der Waals surface area (Å²) in [5.41, 5.74) is 2.34. The van der Waals surface area contributed by atoms with Crippen LogP contribution in [0.1, 0.15) is 37.3 Å². The average molecular weight is 305 g/mol. The molecule has 0 aromatic heterocycles. The molecule has 0 heterocycles. The molecule has 2 atom stereocenters. The molecule has 1 aromatic carbocycles. The van der Waals surface area contributed by atoms with Crippen LogP contribution in [0, 0.1) is 0 Å². The van der Waals surface area contributed by atoms with Crippen molar-refractivity contribution >= 4 is 13.1 Å². The lowest BCUT2D eigenvalue weighted by molar-refractivity contribution is 0.133. The number of aliphatic hydroxyl groups is 2. The van der Waals surface area contributed by atoms with Crippen molar-refractivity contribution < 1.29 is 15.2 Å². The molecule has 4 N–H and O–H groups in total. The highest BCUT2D eigenvalue weighted by Crippen LogP contribution is 2.11. The maximum Gasteiger partial charge on any atom is 0.374 e. The van der Waals surface area contributed by atoms with Gasteiger partial charge in [-0.2, -0.15) is 0 Å². The van der Waals surface area contributed by atoms with Gasteiger partial charge in [0, 0.05) is 0 Å². The molecule has 0 radical (unpaired) electrons. The van der Waals surface area contributed by atoms with Gasteiger partial charge in [0.1, 0.15) is 0 Å². The molecule has 0 amide bonds. The molecule has 0 saturated heterocycles. The van der Waals surface area contributed by atoms with Crippen LogP contribution < -0.4 is 5.23 Å². The van der Waals surface area contributed by atoms with Gasteiger partial charge in [-0.3, -0.25) is 0 Å². The van der Waals surface area contributed by atoms with Gasteiger partial charge in [0.15, 0.2) is 0 Å². The Morgan fingerprint density at radius 3 is 2.45 bits per heavy atom. The van der Waals surface area contributed by atoms with Gasteiger partial charge in [0.2, 0.25) is 0 Å². The van der Waals surface area contributed by atoms with Crippen LogP contribution in [-0.2, 0) is 6.42 Å². The van der Waals surface area contributed by atoms with Crippen molar-refractivity contribution in [2.24, 2.45) is 0 Å². The van der Waals surface area contributed by atoms with E-state index in [1.165, 1.54) is 24.8 Å². The number of aryl methyl sites for hydroxylation is 1. The Hall–Kier alpha value is -1.14. The molecule has 122 valence electrons. The van der Waals surface area contributed by atoms with Gasteiger partial charge in [0.25, 0.3) is 0 Å². The summed E-state index contributed by atoms with van der Waals surface area (Å²) >= 11 is 0. The molecule has 0 aliphatic heterocycles. The number of rotatable bonds is 10. The third-order valence-corrected chi connectivity index (χ3v) is 3.60. The summed E-state index contributed by atoms with van der Waals surface area (Å²) in [5, 5.41) is 31.2. The maximum atomic E-state index is 10.00. The molecule has 1 rings (SSSR count). The molecule has 5 heteroatoms. The normalized spacial score (nSPS) is 14.2. The molecule has 0 spiro atoms. The van der Waals surface area contributed by atoms with Crippen LogP contribution >= 0.6 is 0 Å². The van der Waals surface area contributed by atoms with Gasteiger partial charge >= 0.3 is 7.05 Å². The third kappa shape index (κ3) is 7.23. The number of unbranched alkanes of at least 4 members (excludes halogenated alkanes) is 2. The smallest absolute Gasteiger partial charge is 0.374 e. The van der Waals surface area contributed by atoms with E-state index in [2.05, 4.69) is 24.3 Å². The van der Waals surface area contributed by atoms with E-state index in [0.29, 0.717) is 0 Å². The molecule has 0 aliphatic carbocycles. The van der Waals surface area contributed by atoms with Crippen molar-refractivity contribution in [2.75, 3.05) is 6.61 Å². The highest BCUT2D eigenvalue weighted by molar-refractivity contribution is 6.45. The summed E-state index contributed by atoms with van der Waals surface area (Å²) in [5.74, 6) is 0. The van der Waals surface area contributed by atoms with E-state index < -0.39 is 19.2 Å². The zero-order valence-electron chi connectivity index (χ0n) is 13.6. The highest BCUT2D eigenvalue weighted by atomic mass is 16.3. The Kier molecular flexibility index (Phi) is 9.08. The first kappa shape index (κ1) is 18.9. The molecule has 22 heavy (non-hydrogen) atoms. The largest absolute Gasteiger partial charge is 0.437 e. The second-order valence-corrected chi connectivity index (χ2v) is 5.68. The predicted molar refractivity (Wildman–Crippen MR) is 92.6 cm³/mol. The molecule has 1 aromatic rings. The van der Waals surface area contributed by atoms with Crippen LogP contribution in [0.25, 0.3) is 6.08 Å². The highest BCUT2D eigenvalue weighted by Gasteiger charge is 2.18. The van der Waals surface area contributed by atoms with Crippen LogP contribution in [0.5, 0.6) is 0 Å². The van der Waals surface area contributed by atoms with Crippen LogP contribution in [-0.4, -0.2) is 41.0 Å². The standard InChI is InChI=1S/C17H28BNO3/c1-3-4-5-6-14-7-9-15(10-8-14)11-12-17(21)16(13-20)19-18(2)22/h7-12,16-17,19-22H,3-6,13H2,1-2H3/t16-,17+/m1/s1. The van der Waals surface area contributed by atoms with E-state index in [1.54, 1.807) is 12.9 Å². The van der Waals surface area contributed by atoms with E-state index in [4.69, 9.17) is 0 Å². The zero-order valence-corrected chi connectivity index (χ0v) is 13.6. The Morgan fingerprint density at radius 2 is 1.91 bits per heavy atom. The summed E-state index contributed by atoms with van der Waals surface area (Å²) in [6.45, 7) is 3.51. The molecule has 0 aliphatic rings. The monoisotopic (exact) mass is 305 g/mol. The van der Waals surface area contributed by atoms with Gasteiger partial charge in [-0.1, -0.05) is 56.2 Å². The summed E-state index contributed by atoms with van der Waals surface area (Å²) < 4.78 is 0. The molecule has 0 bridgehead atoms. The molecular weight excluding hydrogens is 277 g/mol. The van der Waals surface area contributed by atoms with Crippen LogP contribution in [0.4, 0.5) is 0 Å². The van der Waals surface area contributed by atoms with Crippen molar-refractivity contribution in [3.63, 3.8) is 0 Å². The summed E-state index contributed by atoms with van der Waals surface area (Å²) in [6, 6.07) is 7.70. The summed E-state index contributed by atoms with van der Waals surface area (Å²) in [6.07, 6.45) is 7.40. The summed E-state index contributed by atoms with van der Waals surface area (Å²) in [7, 11) is -0.775. The minimum absolute atomic E-state index is 0.243. The Bertz CT molecular complexity index is 434. The van der Waals surface area contributed by atoms with Gasteiger partial charge in [0.05, 0.1) is 18.8 Å². The van der Waals surface area contributed by atoms with Crippen molar-refractivity contribution in [2.45, 2.75) is 51.6 Å². The number of hydrogen-bond donors (Lipinski definition) is 4. The van der Waals surface area contributed by atoms with Crippen LogP contribution in [0.3, 0.4) is 0 Å². The molecule has 0 saturated carbocycles. The van der Waals surface area contributed by atoms with E-state index in [0.717, 1.165) is 12.0 Å². The second kappa shape index (κ2) is 10.6. The maximum absolute atomic E-state index is 10.00. The number of aliphatic hydroxyl groups excluding tert-OH is 2. The molecule has 0 unspecified atom stereocenters. The predicted octanol–water partition coefficient (Wildman–Crippen LogP) is 1.85. The number of benzene rings is 1. The molecule has 0 fully saturated rings. The van der Waals surface area contributed by atoms with Gasteiger partial charge < -0.3 is 20.5 Å². The van der Waals surface area contributed by atoms with Crippen LogP contribution in [0.2, 0.25) is 6.82 Å². The van der Waals surface area contributed by atoms with Gasteiger partial charge in [-0.15, -0.1) is 0 Å². The van der Waals surface area contributed by atoms with E-state index in [-0.39, 0.29) is 6.61 Å². The SMILES string of the molecule is CCCCCc1ccc(C=C[C@H](O)[C@@H](CO)NB(C)O)cc1. The van der Waals surface area contributed by atoms with E-state index in [1.807, 2.05) is 18.2 Å². The Labute approximate surface area is 134 Å². The fourth-order valence-corrected chi connectivity index (χ4v) is 2.29. The van der Waals surface area contributed by atoms with Crippen LogP contribution in [0.15, 0.2) is 30.3 Å². The average Bonchev–Trinajstić information content (AvgIpc) is 2.51. The lowest BCUT2D eigenvalue weighted by atomic mass is 9.86. The van der Waals surface area contributed by atoms with Crippen molar-refractivity contribution in [3.8, 4) is 0 Å². The minimum atomic E-state index is -0.858. The fraction of sp³-hybridized carbons (Fsp3) is 0.529. The summed E-state index contributed by atoms with van der Waals surface area (Å²) in [4.78, 5) is 0. The van der Waals surface area contributed by atoms with Gasteiger partial charge in [-0.25, -0.2) is 0 Å². The quantitative estimate of drug-likeness (QED) is 0.393. The number of nitrogens with one attached hydrogen (secondary N) is 1. The second-order valence-electron chi connectivity index (χ2n) is 5.68. The topological polar surface area (TPSA) is 72.7 Å². The van der Waals surface area contributed by atoms with Crippen molar-refractivity contribution in [1.29, 1.82) is 0 Å². The Balaban J connectivity index is 2.54. The van der Waals surface area contributed by atoms with Gasteiger partial charge in [-0.05, 0) is 30.8 Å². The fourth-order valence-electron chi connectivity index (χ4n) is 2.29. The minimum Gasteiger partial charge on any atom is -0.437 e. The van der Waals surface area contributed by atoms with E-state index >= 15 is 0 Å². The third-order valence-electron chi connectivity index (χ3n) is 3.60. The van der Waals surface area contributed by atoms with Crippen molar-refractivity contribution in [1.82, 2.24) is 5.23 Å². The first-order chi connectivity index (χ1) is 10.6. The first-order valence-corrected chi connectivity index (χ1v) is 8.07. The Morgan fingerprint density at radius 1 is 1.23 bits per heavy atom. The zero-order chi connectivity index (χ0) is 16.4.